The molecule has 1 aromatic rings. The van der Waals surface area contributed by atoms with Crippen molar-refractivity contribution in [2.75, 3.05) is 6.54 Å². The van der Waals surface area contributed by atoms with Crippen LogP contribution in [-0.2, 0) is 11.2 Å². The van der Waals surface area contributed by atoms with Crippen molar-refractivity contribution in [3.8, 4) is 0 Å². The predicted molar refractivity (Wildman–Crippen MR) is 78.0 cm³/mol. The van der Waals surface area contributed by atoms with Gasteiger partial charge in [-0.05, 0) is 44.7 Å². The fraction of sp³-hybridized carbons (Fsp3) is 0.562. The van der Waals surface area contributed by atoms with Crippen LogP contribution in [0.5, 0.6) is 0 Å². The molecular formula is C16H24N2O. The van der Waals surface area contributed by atoms with E-state index in [0.29, 0.717) is 6.42 Å². The monoisotopic (exact) mass is 260 g/mol. The van der Waals surface area contributed by atoms with Crippen molar-refractivity contribution < 1.29 is 4.79 Å². The Morgan fingerprint density at radius 1 is 1.32 bits per heavy atom. The van der Waals surface area contributed by atoms with Crippen LogP contribution in [0, 0.1) is 0 Å². The Labute approximate surface area is 115 Å². The average Bonchev–Trinajstić information content (AvgIpc) is 2.71. The van der Waals surface area contributed by atoms with Gasteiger partial charge < -0.3 is 10.6 Å². The third-order valence-corrected chi connectivity index (χ3v) is 3.48. The summed E-state index contributed by atoms with van der Waals surface area (Å²) in [5.74, 6) is 0.137. The van der Waals surface area contributed by atoms with E-state index in [2.05, 4.69) is 49.6 Å². The highest BCUT2D eigenvalue weighted by Crippen LogP contribution is 2.30. The van der Waals surface area contributed by atoms with Crippen LogP contribution in [0.1, 0.15) is 50.8 Å². The quantitative estimate of drug-likeness (QED) is 0.873. The van der Waals surface area contributed by atoms with Crippen LogP contribution >= 0.6 is 0 Å². The first-order valence-corrected chi connectivity index (χ1v) is 7.08. The summed E-state index contributed by atoms with van der Waals surface area (Å²) in [6, 6.07) is 8.60. The van der Waals surface area contributed by atoms with Gasteiger partial charge in [0.15, 0.2) is 0 Å². The van der Waals surface area contributed by atoms with E-state index in [-0.39, 0.29) is 17.5 Å². The smallest absolute Gasteiger partial charge is 0.221 e. The Morgan fingerprint density at radius 3 is 2.79 bits per heavy atom. The number of rotatable bonds is 4. The normalized spacial score (nSPS) is 18.2. The maximum atomic E-state index is 11.9. The lowest BCUT2D eigenvalue weighted by Crippen LogP contribution is -2.38. The maximum absolute atomic E-state index is 11.9. The fourth-order valence-corrected chi connectivity index (χ4v) is 2.52. The number of carbonyl (C=O) groups excluding carboxylic acids is 1. The van der Waals surface area contributed by atoms with E-state index in [1.807, 2.05) is 6.07 Å². The summed E-state index contributed by atoms with van der Waals surface area (Å²) in [5, 5.41) is 6.48. The largest absolute Gasteiger partial charge is 0.349 e. The van der Waals surface area contributed by atoms with Gasteiger partial charge in [0, 0.05) is 18.5 Å². The molecule has 0 bridgehead atoms. The summed E-state index contributed by atoms with van der Waals surface area (Å²) in [6.07, 6.45) is 2.63. The molecule has 0 aliphatic heterocycles. The average molecular weight is 260 g/mol. The molecule has 3 nitrogen and oxygen atoms in total. The number of aryl methyl sites for hydroxylation is 1. The lowest BCUT2D eigenvalue weighted by atomic mass is 10.1. The lowest BCUT2D eigenvalue weighted by molar-refractivity contribution is -0.121. The van der Waals surface area contributed by atoms with Crippen molar-refractivity contribution in [2.24, 2.45) is 0 Å². The fourth-order valence-electron chi connectivity index (χ4n) is 2.52. The summed E-state index contributed by atoms with van der Waals surface area (Å²) in [5.41, 5.74) is 2.74. The molecule has 0 spiro atoms. The van der Waals surface area contributed by atoms with E-state index >= 15 is 0 Å². The molecule has 19 heavy (non-hydrogen) atoms. The molecule has 1 aliphatic carbocycles. The third kappa shape index (κ3) is 4.06. The zero-order valence-corrected chi connectivity index (χ0v) is 12.1. The van der Waals surface area contributed by atoms with Gasteiger partial charge in [-0.1, -0.05) is 24.3 Å². The zero-order valence-electron chi connectivity index (χ0n) is 12.1. The molecule has 0 heterocycles. The Kier molecular flexibility index (Phi) is 4.25. The molecule has 1 aliphatic rings. The molecule has 1 amide bonds. The summed E-state index contributed by atoms with van der Waals surface area (Å²) >= 11 is 0. The molecule has 2 N–H and O–H groups in total. The molecular weight excluding hydrogens is 236 g/mol. The van der Waals surface area contributed by atoms with Crippen molar-refractivity contribution in [2.45, 2.75) is 51.6 Å². The number of nitrogens with one attached hydrogen (secondary N) is 2. The molecule has 0 radical (unpaired) electrons. The van der Waals surface area contributed by atoms with Gasteiger partial charge in [-0.15, -0.1) is 0 Å². The van der Waals surface area contributed by atoms with Gasteiger partial charge in [0.1, 0.15) is 0 Å². The standard InChI is InChI=1S/C16H24N2O/c1-16(2,3)17-11-10-15(19)18-14-9-8-12-6-4-5-7-13(12)14/h4-7,14,17H,8-11H2,1-3H3,(H,18,19). The van der Waals surface area contributed by atoms with Crippen LogP contribution in [0.15, 0.2) is 24.3 Å². The molecule has 1 aromatic carbocycles. The summed E-state index contributed by atoms with van der Waals surface area (Å²) in [6.45, 7) is 7.05. The molecule has 104 valence electrons. The second-order valence-electron chi connectivity index (χ2n) is 6.28. The van der Waals surface area contributed by atoms with Crippen LogP contribution in [0.2, 0.25) is 0 Å². The van der Waals surface area contributed by atoms with Crippen LogP contribution in [0.25, 0.3) is 0 Å². The van der Waals surface area contributed by atoms with Gasteiger partial charge >= 0.3 is 0 Å². The number of amides is 1. The lowest BCUT2D eigenvalue weighted by Gasteiger charge is -2.20. The second kappa shape index (κ2) is 5.74. The molecule has 0 saturated heterocycles. The van der Waals surface area contributed by atoms with E-state index in [1.165, 1.54) is 11.1 Å². The topological polar surface area (TPSA) is 41.1 Å². The number of hydrogen-bond donors (Lipinski definition) is 2. The predicted octanol–water partition coefficient (Wildman–Crippen LogP) is 2.57. The Bertz CT molecular complexity index is 448. The number of carbonyl (C=O) groups is 1. The van der Waals surface area contributed by atoms with Gasteiger partial charge in [-0.2, -0.15) is 0 Å². The highest BCUT2D eigenvalue weighted by Gasteiger charge is 2.23. The summed E-state index contributed by atoms with van der Waals surface area (Å²) in [7, 11) is 0. The van der Waals surface area contributed by atoms with E-state index < -0.39 is 0 Å². The summed E-state index contributed by atoms with van der Waals surface area (Å²) in [4.78, 5) is 11.9. The minimum atomic E-state index is 0.0697. The third-order valence-electron chi connectivity index (χ3n) is 3.48. The van der Waals surface area contributed by atoms with Crippen LogP contribution in [0.4, 0.5) is 0 Å². The van der Waals surface area contributed by atoms with Crippen molar-refractivity contribution in [1.82, 2.24) is 10.6 Å². The minimum Gasteiger partial charge on any atom is -0.349 e. The highest BCUT2D eigenvalue weighted by atomic mass is 16.1. The SMILES string of the molecule is CC(C)(C)NCCC(=O)NC1CCc2ccccc21. The number of benzene rings is 1. The molecule has 0 saturated carbocycles. The van der Waals surface area contributed by atoms with Crippen molar-refractivity contribution in [1.29, 1.82) is 0 Å². The van der Waals surface area contributed by atoms with Crippen LogP contribution in [-0.4, -0.2) is 18.0 Å². The van der Waals surface area contributed by atoms with Gasteiger partial charge in [-0.25, -0.2) is 0 Å². The van der Waals surface area contributed by atoms with E-state index in [9.17, 15) is 4.79 Å². The first-order valence-electron chi connectivity index (χ1n) is 7.08. The van der Waals surface area contributed by atoms with E-state index in [1.54, 1.807) is 0 Å². The van der Waals surface area contributed by atoms with Crippen LogP contribution < -0.4 is 10.6 Å². The molecule has 0 fully saturated rings. The van der Waals surface area contributed by atoms with Crippen molar-refractivity contribution in [3.05, 3.63) is 35.4 Å². The van der Waals surface area contributed by atoms with Gasteiger partial charge in [0.2, 0.25) is 5.91 Å². The minimum absolute atomic E-state index is 0.0697. The molecule has 1 unspecified atom stereocenters. The number of hydrogen-bond acceptors (Lipinski definition) is 2. The maximum Gasteiger partial charge on any atom is 0.221 e. The first-order chi connectivity index (χ1) is 8.96. The van der Waals surface area contributed by atoms with Crippen molar-refractivity contribution >= 4 is 5.91 Å². The Morgan fingerprint density at radius 2 is 2.05 bits per heavy atom. The Hall–Kier alpha value is -1.35. The Balaban J connectivity index is 1.81. The second-order valence-corrected chi connectivity index (χ2v) is 6.28. The van der Waals surface area contributed by atoms with Crippen molar-refractivity contribution in [3.63, 3.8) is 0 Å². The molecule has 2 rings (SSSR count). The number of fused-ring (bicyclic) bond motifs is 1. The first kappa shape index (κ1) is 14.1. The zero-order chi connectivity index (χ0) is 13.9. The molecule has 1 atom stereocenters. The van der Waals surface area contributed by atoms with Gasteiger partial charge in [0.25, 0.3) is 0 Å². The van der Waals surface area contributed by atoms with Gasteiger partial charge in [-0.3, -0.25) is 4.79 Å². The summed E-state index contributed by atoms with van der Waals surface area (Å²) < 4.78 is 0. The van der Waals surface area contributed by atoms with E-state index in [0.717, 1.165) is 19.4 Å². The van der Waals surface area contributed by atoms with Gasteiger partial charge in [0.05, 0.1) is 6.04 Å². The van der Waals surface area contributed by atoms with E-state index in [4.69, 9.17) is 0 Å². The molecule has 0 aromatic heterocycles. The molecule has 3 heteroatoms. The van der Waals surface area contributed by atoms with Crippen LogP contribution in [0.3, 0.4) is 0 Å². The highest BCUT2D eigenvalue weighted by molar-refractivity contribution is 5.76.